The Labute approximate surface area is 478 Å². The zero-order valence-electron chi connectivity index (χ0n) is 44.4. The number of carbonyl (C=O) groups excluding carboxylic acids is 2. The molecular formula is C54H78BBrF3KN6O6. The molecule has 0 spiro atoms. The average molecular weight is 1090 g/mol. The van der Waals surface area contributed by atoms with Crippen LogP contribution < -0.4 is 60.9 Å². The van der Waals surface area contributed by atoms with E-state index >= 15 is 0 Å². The number of rotatable bonds is 10. The molecule has 0 amide bonds. The van der Waals surface area contributed by atoms with Gasteiger partial charge in [0.2, 0.25) is 0 Å². The van der Waals surface area contributed by atoms with Crippen molar-refractivity contribution in [3.8, 4) is 12.0 Å². The smallest absolute Gasteiger partial charge is 0.466 e. The van der Waals surface area contributed by atoms with Crippen LogP contribution in [-0.2, 0) is 25.6 Å². The Morgan fingerprint density at radius 3 is 1.47 bits per heavy atom. The Kier molecular flexibility index (Phi) is 26.2. The maximum Gasteiger partial charge on any atom is 1.00 e. The van der Waals surface area contributed by atoms with Gasteiger partial charge >= 0.3 is 82.9 Å². The summed E-state index contributed by atoms with van der Waals surface area (Å²) in [6, 6.07) is 13.4. The van der Waals surface area contributed by atoms with E-state index < -0.39 is 7.54 Å². The second kappa shape index (κ2) is 30.3. The predicted octanol–water partition coefficient (Wildman–Crippen LogP) is 9.70. The average Bonchev–Trinajstić information content (AvgIpc) is 3.32. The van der Waals surface area contributed by atoms with Crippen LogP contribution in [0.15, 0.2) is 53.3 Å². The number of hydrogen-bond donors (Lipinski definition) is 0. The standard InChI is InChI=1S/C27H39N3O3.C18H23BrN2O.C9H16NO2.BF3.K/c1-5-32-25(31)20-12-14-30(15-13-20)18-19-6-11-24-21(16-19)17-28-26(29-24)33-23-9-7-22(8-10-23)27(2,3)4;1-18(2,3)13-4-7-15(8-5-13)22-17-20-11-12-10-14(19)6-9-16(12)21-17;1-3-12-9(11)8-4-6-10(2)7-5-8;2-1(3)4;/h6,11,16-17,20,22-23H,5,7-10,12-15,18H2,1-4H3;6,9-11,13,15H,4-5,7-8H2,1-3H3;8H,2-7H2,1H3;;/q;;-1;;+1. The third-order valence-corrected chi connectivity index (χ3v) is 14.8. The zero-order chi connectivity index (χ0) is 51.7. The monoisotopic (exact) mass is 1090 g/mol. The van der Waals surface area contributed by atoms with E-state index in [0.717, 1.165) is 122 Å². The molecule has 12 nitrogen and oxygen atoms in total. The van der Waals surface area contributed by atoms with Crippen molar-refractivity contribution in [2.75, 3.05) is 39.4 Å². The van der Waals surface area contributed by atoms with Crippen LogP contribution in [0.1, 0.15) is 138 Å². The van der Waals surface area contributed by atoms with Crippen molar-refractivity contribution in [3.05, 3.63) is 65.9 Å². The topological polar surface area (TPSA) is 129 Å². The molecule has 8 rings (SSSR count). The van der Waals surface area contributed by atoms with Gasteiger partial charge in [-0.25, -0.2) is 9.97 Å². The third-order valence-electron chi connectivity index (χ3n) is 14.3. The molecule has 4 fully saturated rings. The van der Waals surface area contributed by atoms with E-state index in [4.69, 9.17) is 18.9 Å². The second-order valence-corrected chi connectivity index (χ2v) is 22.4. The summed E-state index contributed by atoms with van der Waals surface area (Å²) in [7, 11) is 0.152. The minimum absolute atomic E-state index is 0. The molecule has 2 saturated carbocycles. The minimum atomic E-state index is -3.67. The van der Waals surface area contributed by atoms with Crippen LogP contribution in [-0.4, -0.2) is 101 Å². The zero-order valence-corrected chi connectivity index (χ0v) is 49.2. The van der Waals surface area contributed by atoms with Crippen LogP contribution in [0.5, 0.6) is 12.0 Å². The molecule has 2 aliphatic carbocycles. The number of ether oxygens (including phenoxy) is 4. The number of fused-ring (bicyclic) bond motifs is 2. The molecule has 0 radical (unpaired) electrons. The Morgan fingerprint density at radius 1 is 0.653 bits per heavy atom. The number of benzene rings is 2. The molecule has 4 aromatic rings. The second-order valence-electron chi connectivity index (χ2n) is 21.5. The summed E-state index contributed by atoms with van der Waals surface area (Å²) < 4.78 is 52.3. The molecule has 4 heterocycles. The first-order valence-corrected chi connectivity index (χ1v) is 26.5. The first-order valence-electron chi connectivity index (χ1n) is 25.7. The number of halogens is 4. The van der Waals surface area contributed by atoms with Gasteiger partial charge in [0.05, 0.1) is 36.1 Å². The van der Waals surface area contributed by atoms with E-state index in [0.29, 0.717) is 36.1 Å². The maximum absolute atomic E-state index is 12.0. The molecule has 2 aliphatic heterocycles. The fourth-order valence-electron chi connectivity index (χ4n) is 9.93. The fourth-order valence-corrected chi connectivity index (χ4v) is 10.3. The Hall–Kier alpha value is -2.45. The van der Waals surface area contributed by atoms with Gasteiger partial charge < -0.3 is 23.8 Å². The molecule has 2 aromatic heterocycles. The van der Waals surface area contributed by atoms with Gasteiger partial charge in [-0.2, -0.15) is 9.97 Å². The fraction of sp³-hybridized carbons (Fsp3) is 0.648. The van der Waals surface area contributed by atoms with Crippen LogP contribution >= 0.6 is 15.9 Å². The molecule has 2 saturated heterocycles. The van der Waals surface area contributed by atoms with E-state index in [9.17, 15) is 22.5 Å². The van der Waals surface area contributed by atoms with Crippen molar-refractivity contribution in [3.63, 3.8) is 0 Å². The van der Waals surface area contributed by atoms with Gasteiger partial charge in [-0.1, -0.05) is 63.5 Å². The van der Waals surface area contributed by atoms with E-state index in [1.165, 1.54) is 31.2 Å². The molecule has 392 valence electrons. The molecular weight excluding hydrogens is 1020 g/mol. The number of esters is 2. The Balaban J connectivity index is 0.000000247. The summed E-state index contributed by atoms with van der Waals surface area (Å²) in [5.41, 5.74) is 3.87. The minimum Gasteiger partial charge on any atom is -0.466 e. The maximum atomic E-state index is 12.0. The number of likely N-dealkylation sites (tertiary alicyclic amines) is 2. The molecule has 72 heavy (non-hydrogen) atoms. The summed E-state index contributed by atoms with van der Waals surface area (Å²) >= 11 is 3.47. The van der Waals surface area contributed by atoms with E-state index in [1.807, 2.05) is 49.3 Å². The molecule has 2 aromatic carbocycles. The van der Waals surface area contributed by atoms with Crippen LogP contribution in [0.2, 0.25) is 0 Å². The summed E-state index contributed by atoms with van der Waals surface area (Å²) in [6.45, 7) is 23.2. The number of carbonyl (C=O) groups is 2. The number of hydrogen-bond acceptors (Lipinski definition) is 12. The van der Waals surface area contributed by atoms with Gasteiger partial charge in [0.1, 0.15) is 12.2 Å². The van der Waals surface area contributed by atoms with Gasteiger partial charge in [-0.05, 0) is 176 Å². The van der Waals surface area contributed by atoms with Crippen LogP contribution in [0.4, 0.5) is 12.9 Å². The van der Waals surface area contributed by atoms with Crippen molar-refractivity contribution in [2.24, 2.45) is 34.5 Å². The summed E-state index contributed by atoms with van der Waals surface area (Å²) in [5.74, 6) is 1.65. The molecule has 4 aliphatic rings. The van der Waals surface area contributed by atoms with Crippen molar-refractivity contribution in [1.29, 1.82) is 0 Å². The van der Waals surface area contributed by atoms with Crippen LogP contribution in [0.25, 0.3) is 21.8 Å². The van der Waals surface area contributed by atoms with Gasteiger partial charge in [0.25, 0.3) is 0 Å². The number of nitrogens with zero attached hydrogens (tertiary/aromatic N) is 6. The van der Waals surface area contributed by atoms with E-state index in [1.54, 1.807) is 0 Å². The first kappa shape index (κ1) is 62.1. The van der Waals surface area contributed by atoms with Crippen molar-refractivity contribution in [2.45, 2.75) is 151 Å². The summed E-state index contributed by atoms with van der Waals surface area (Å²) in [4.78, 5) is 45.7. The summed E-state index contributed by atoms with van der Waals surface area (Å²) in [6.07, 6.45) is 17.0. The van der Waals surface area contributed by atoms with Gasteiger partial charge in [0.15, 0.2) is 0 Å². The van der Waals surface area contributed by atoms with Gasteiger partial charge in [0, 0.05) is 34.2 Å². The summed E-state index contributed by atoms with van der Waals surface area (Å²) in [5, 5.41) is 2.07. The van der Waals surface area contributed by atoms with Crippen LogP contribution in [0, 0.1) is 41.5 Å². The quantitative estimate of drug-likeness (QED) is 0.0852. The normalized spacial score (nSPS) is 21.3. The van der Waals surface area contributed by atoms with Crippen molar-refractivity contribution >= 4 is 57.2 Å². The molecule has 0 N–H and O–H groups in total. The Bertz CT molecular complexity index is 2260. The SMILES string of the molecule is CC(C)(C)C1CCC(Oc2ncc3cc(Br)ccc3n2)CC1.CCOC(=O)C1CCN(Cc2ccc3nc(OC4CCC(C(C)(C)C)CC4)ncc3c2)CC1.FB(F)F.[CH2-]N1CCC(C(=O)OCC)CC1.[K+]. The van der Waals surface area contributed by atoms with Crippen molar-refractivity contribution in [1.82, 2.24) is 29.7 Å². The number of piperidine rings is 2. The predicted molar refractivity (Wildman–Crippen MR) is 278 cm³/mol. The first-order chi connectivity index (χ1) is 33.7. The van der Waals surface area contributed by atoms with Crippen molar-refractivity contribution < 1.29 is 92.9 Å². The van der Waals surface area contributed by atoms with E-state index in [2.05, 4.69) is 108 Å². The van der Waals surface area contributed by atoms with Gasteiger partial charge in [-0.3, -0.25) is 34.5 Å². The molecule has 0 bridgehead atoms. The number of aromatic nitrogens is 4. The molecule has 0 unspecified atom stereocenters. The molecule has 18 heteroatoms. The van der Waals surface area contributed by atoms with E-state index in [-0.39, 0.29) is 87.4 Å². The largest absolute Gasteiger partial charge is 1.00 e. The van der Waals surface area contributed by atoms with Gasteiger partial charge in [-0.15, -0.1) is 0 Å². The van der Waals surface area contributed by atoms with Crippen LogP contribution in [0.3, 0.4) is 0 Å². The molecule has 0 atom stereocenters. The third kappa shape index (κ3) is 20.9. The Morgan fingerprint density at radius 2 is 1.06 bits per heavy atom.